The molecule has 214 valence electrons. The van der Waals surface area contributed by atoms with Gasteiger partial charge >= 0.3 is 0 Å². The first-order valence-corrected chi connectivity index (χ1v) is 15.1. The van der Waals surface area contributed by atoms with E-state index in [-0.39, 0.29) is 41.5 Å². The van der Waals surface area contributed by atoms with Gasteiger partial charge < -0.3 is 19.9 Å². The Labute approximate surface area is 234 Å². The van der Waals surface area contributed by atoms with E-state index in [1.54, 1.807) is 12.1 Å². The summed E-state index contributed by atoms with van der Waals surface area (Å²) in [5.41, 5.74) is 1.44. The fourth-order valence-corrected chi connectivity index (χ4v) is 7.38. The fraction of sp³-hybridized carbons (Fsp3) is 0.500. The topological polar surface area (TPSA) is 129 Å². The molecule has 3 fully saturated rings. The third-order valence-corrected chi connectivity index (χ3v) is 9.62. The molecule has 3 unspecified atom stereocenters. The monoisotopic (exact) mass is 569 g/mol. The van der Waals surface area contributed by atoms with Crippen molar-refractivity contribution >= 4 is 33.3 Å². The zero-order valence-electron chi connectivity index (χ0n) is 22.7. The molecule has 0 spiro atoms. The smallest absolute Gasteiger partial charge is 0.251 e. The van der Waals surface area contributed by atoms with Gasteiger partial charge in [-0.25, -0.2) is 8.42 Å². The third kappa shape index (κ3) is 5.61. The minimum Gasteiger partial charge on any atom is -0.378 e. The summed E-state index contributed by atoms with van der Waals surface area (Å²) < 4.78 is 33.2. The molecule has 0 aliphatic carbocycles. The van der Waals surface area contributed by atoms with Crippen LogP contribution in [-0.4, -0.2) is 97.7 Å². The van der Waals surface area contributed by atoms with E-state index in [2.05, 4.69) is 15.2 Å². The van der Waals surface area contributed by atoms with E-state index in [1.807, 2.05) is 26.0 Å². The van der Waals surface area contributed by atoms with Crippen LogP contribution < -0.4 is 10.2 Å². The molecule has 3 saturated heterocycles. The van der Waals surface area contributed by atoms with E-state index >= 15 is 0 Å². The van der Waals surface area contributed by atoms with Crippen LogP contribution in [-0.2, 0) is 24.3 Å². The molecule has 12 heteroatoms. The Bertz CT molecular complexity index is 1350. The second kappa shape index (κ2) is 11.6. The molecule has 1 aromatic heterocycles. The first-order valence-electron chi connectivity index (χ1n) is 13.7. The highest BCUT2D eigenvalue weighted by Crippen LogP contribution is 2.34. The number of hydrogen-bond acceptors (Lipinski definition) is 8. The normalized spacial score (nSPS) is 22.4. The van der Waals surface area contributed by atoms with Crippen LogP contribution in [0.2, 0.25) is 0 Å². The number of aromatic nitrogens is 1. The van der Waals surface area contributed by atoms with Crippen LogP contribution in [0.3, 0.4) is 0 Å². The van der Waals surface area contributed by atoms with E-state index in [1.165, 1.54) is 33.7 Å². The Balaban J connectivity index is 1.30. The van der Waals surface area contributed by atoms with Crippen molar-refractivity contribution < 1.29 is 27.5 Å². The van der Waals surface area contributed by atoms with E-state index in [0.29, 0.717) is 31.6 Å². The number of amides is 2. The molecule has 3 atom stereocenters. The number of morpholine rings is 1. The number of likely N-dealkylation sites (tertiary alicyclic amines) is 1. The molecule has 2 aromatic rings. The number of carbonyl (C=O) groups is 3. The molecule has 11 nitrogen and oxygen atoms in total. The molecular formula is C28H35N5O6S. The number of benzene rings is 1. The second-order valence-electron chi connectivity index (χ2n) is 10.8. The lowest BCUT2D eigenvalue weighted by molar-refractivity contribution is -0.138. The van der Waals surface area contributed by atoms with Gasteiger partial charge in [-0.05, 0) is 55.2 Å². The summed E-state index contributed by atoms with van der Waals surface area (Å²) in [7, 11) is -3.93. The Morgan fingerprint density at radius 2 is 1.73 bits per heavy atom. The lowest BCUT2D eigenvalue weighted by Crippen LogP contribution is -2.53. The van der Waals surface area contributed by atoms with Crippen LogP contribution in [0, 0.1) is 5.92 Å². The van der Waals surface area contributed by atoms with E-state index < -0.39 is 28.1 Å². The molecule has 4 heterocycles. The van der Waals surface area contributed by atoms with Gasteiger partial charge in [0.05, 0.1) is 30.7 Å². The molecule has 1 N–H and O–H groups in total. The van der Waals surface area contributed by atoms with Crippen molar-refractivity contribution in [2.45, 2.75) is 49.7 Å². The van der Waals surface area contributed by atoms with Crippen LogP contribution >= 0.6 is 0 Å². The third-order valence-electron chi connectivity index (χ3n) is 7.73. The van der Waals surface area contributed by atoms with Crippen LogP contribution in [0.1, 0.15) is 37.0 Å². The van der Waals surface area contributed by atoms with Crippen molar-refractivity contribution in [1.29, 1.82) is 0 Å². The highest BCUT2D eigenvalue weighted by atomic mass is 32.2. The van der Waals surface area contributed by atoms with E-state index in [4.69, 9.17) is 4.74 Å². The largest absolute Gasteiger partial charge is 0.378 e. The lowest BCUT2D eigenvalue weighted by atomic mass is 10.0. The maximum atomic E-state index is 13.8. The molecule has 3 aliphatic rings. The van der Waals surface area contributed by atoms with Gasteiger partial charge in [0, 0.05) is 43.3 Å². The number of ketones is 1. The van der Waals surface area contributed by atoms with Crippen molar-refractivity contribution in [2.75, 3.05) is 44.3 Å². The minimum atomic E-state index is -3.93. The summed E-state index contributed by atoms with van der Waals surface area (Å²) in [5.74, 6) is -0.958. The molecular weight excluding hydrogens is 534 g/mol. The number of sulfonamides is 1. The van der Waals surface area contributed by atoms with Gasteiger partial charge in [0.25, 0.3) is 5.91 Å². The SMILES string of the molecule is CC(C)CC(NC(=O)c1ccc(N2CCOCC2)cc1)C(=O)N1CCC2C1C(=O)CN2S(=O)(=O)c1ccncc1. The quantitative estimate of drug-likeness (QED) is 0.504. The predicted octanol–water partition coefficient (Wildman–Crippen LogP) is 1.31. The fourth-order valence-electron chi connectivity index (χ4n) is 5.77. The Morgan fingerprint density at radius 3 is 2.38 bits per heavy atom. The van der Waals surface area contributed by atoms with Crippen LogP contribution in [0.5, 0.6) is 0 Å². The maximum absolute atomic E-state index is 13.8. The summed E-state index contributed by atoms with van der Waals surface area (Å²) in [6.07, 6.45) is 3.51. The molecule has 5 rings (SSSR count). The number of pyridine rings is 1. The molecule has 1 aromatic carbocycles. The number of fused-ring (bicyclic) bond motifs is 1. The van der Waals surface area contributed by atoms with Gasteiger partial charge in [0.1, 0.15) is 12.1 Å². The van der Waals surface area contributed by atoms with Gasteiger partial charge in [0.2, 0.25) is 15.9 Å². The van der Waals surface area contributed by atoms with Crippen LogP contribution in [0.25, 0.3) is 0 Å². The van der Waals surface area contributed by atoms with Crippen LogP contribution in [0.15, 0.2) is 53.7 Å². The average molecular weight is 570 g/mol. The number of anilines is 1. The Kier molecular flexibility index (Phi) is 8.20. The number of Topliss-reactive ketones (excluding diaryl/α,β-unsaturated/α-hetero) is 1. The van der Waals surface area contributed by atoms with Crippen molar-refractivity contribution in [1.82, 2.24) is 19.5 Å². The number of hydrogen-bond donors (Lipinski definition) is 1. The number of rotatable bonds is 8. The average Bonchev–Trinajstić information content (AvgIpc) is 3.54. The number of ether oxygens (including phenoxy) is 1. The number of nitrogens with one attached hydrogen (secondary N) is 1. The summed E-state index contributed by atoms with van der Waals surface area (Å²) in [4.78, 5) is 47.7. The molecule has 40 heavy (non-hydrogen) atoms. The first-order chi connectivity index (χ1) is 19.2. The minimum absolute atomic E-state index is 0.0605. The highest BCUT2D eigenvalue weighted by Gasteiger charge is 2.54. The van der Waals surface area contributed by atoms with Gasteiger partial charge in [-0.2, -0.15) is 4.31 Å². The van der Waals surface area contributed by atoms with Gasteiger partial charge in [-0.15, -0.1) is 0 Å². The summed E-state index contributed by atoms with van der Waals surface area (Å²) in [6.45, 7) is 6.76. The lowest BCUT2D eigenvalue weighted by Gasteiger charge is -2.29. The Hall–Kier alpha value is -3.35. The first kappa shape index (κ1) is 28.2. The number of carbonyl (C=O) groups excluding carboxylic acids is 3. The van der Waals surface area contributed by atoms with Crippen LogP contribution in [0.4, 0.5) is 5.69 Å². The zero-order valence-corrected chi connectivity index (χ0v) is 23.5. The van der Waals surface area contributed by atoms with Crippen molar-refractivity contribution in [3.05, 3.63) is 54.4 Å². The van der Waals surface area contributed by atoms with Crippen molar-refractivity contribution in [3.8, 4) is 0 Å². The highest BCUT2D eigenvalue weighted by molar-refractivity contribution is 7.89. The van der Waals surface area contributed by atoms with E-state index in [0.717, 1.165) is 18.8 Å². The van der Waals surface area contributed by atoms with Crippen molar-refractivity contribution in [3.63, 3.8) is 0 Å². The van der Waals surface area contributed by atoms with E-state index in [9.17, 15) is 22.8 Å². The molecule has 0 saturated carbocycles. The Morgan fingerprint density at radius 1 is 1.05 bits per heavy atom. The van der Waals surface area contributed by atoms with Gasteiger partial charge in [-0.3, -0.25) is 19.4 Å². The second-order valence-corrected chi connectivity index (χ2v) is 12.7. The van der Waals surface area contributed by atoms with Gasteiger partial charge in [0.15, 0.2) is 5.78 Å². The standard InChI is InChI=1S/C28H35N5O6S/c1-19(2)17-23(30-27(35)20-3-5-21(6-4-20)31-13-15-39-16-14-31)28(36)32-12-9-24-26(32)25(34)18-33(24)40(37,38)22-7-10-29-11-8-22/h3-8,10-11,19,23-24,26H,9,12-18H2,1-2H3,(H,30,35). The predicted molar refractivity (Wildman–Crippen MR) is 147 cm³/mol. The molecule has 2 amide bonds. The molecule has 0 radical (unpaired) electrons. The summed E-state index contributed by atoms with van der Waals surface area (Å²) in [6, 6.07) is 7.69. The zero-order chi connectivity index (χ0) is 28.4. The molecule has 0 bridgehead atoms. The number of nitrogens with zero attached hydrogens (tertiary/aromatic N) is 4. The summed E-state index contributed by atoms with van der Waals surface area (Å²) in [5, 5.41) is 2.89. The summed E-state index contributed by atoms with van der Waals surface area (Å²) >= 11 is 0. The van der Waals surface area contributed by atoms with Crippen molar-refractivity contribution in [2.24, 2.45) is 5.92 Å². The molecule has 3 aliphatic heterocycles. The maximum Gasteiger partial charge on any atom is 0.251 e. The van der Waals surface area contributed by atoms with Gasteiger partial charge in [-0.1, -0.05) is 13.8 Å².